The van der Waals surface area contributed by atoms with Gasteiger partial charge in [0.25, 0.3) is 5.91 Å². The number of amides is 2. The first-order chi connectivity index (χ1) is 10.6. The molecular formula is C17H23N3O2. The summed E-state index contributed by atoms with van der Waals surface area (Å²) in [5.74, 6) is 2.12. The molecule has 0 aromatic carbocycles. The van der Waals surface area contributed by atoms with Crippen molar-refractivity contribution in [1.29, 1.82) is 0 Å². The van der Waals surface area contributed by atoms with E-state index in [1.807, 2.05) is 6.07 Å². The maximum Gasteiger partial charge on any atom is 0.267 e. The normalized spacial score (nSPS) is 38.9. The number of aromatic amines is 1. The third-order valence-electron chi connectivity index (χ3n) is 6.33. The van der Waals surface area contributed by atoms with Crippen molar-refractivity contribution < 1.29 is 9.59 Å². The summed E-state index contributed by atoms with van der Waals surface area (Å²) in [7, 11) is 0. The maximum atomic E-state index is 12.1. The van der Waals surface area contributed by atoms with Crippen LogP contribution < -0.4 is 11.1 Å². The minimum absolute atomic E-state index is 0.0385. The molecule has 0 aliphatic heterocycles. The van der Waals surface area contributed by atoms with E-state index in [1.54, 1.807) is 12.3 Å². The Kier molecular flexibility index (Phi) is 3.06. The molecule has 1 aromatic rings. The van der Waals surface area contributed by atoms with Crippen LogP contribution in [-0.2, 0) is 4.79 Å². The summed E-state index contributed by atoms with van der Waals surface area (Å²) >= 11 is 0. The molecule has 4 saturated carbocycles. The number of primary amides is 1. The predicted molar refractivity (Wildman–Crippen MR) is 81.8 cm³/mol. The summed E-state index contributed by atoms with van der Waals surface area (Å²) in [6.07, 6.45) is 7.02. The molecule has 22 heavy (non-hydrogen) atoms. The van der Waals surface area contributed by atoms with E-state index in [4.69, 9.17) is 5.73 Å². The molecule has 1 heterocycles. The summed E-state index contributed by atoms with van der Waals surface area (Å²) in [4.78, 5) is 27.0. The van der Waals surface area contributed by atoms with E-state index in [-0.39, 0.29) is 17.2 Å². The van der Waals surface area contributed by atoms with Gasteiger partial charge in [-0.15, -0.1) is 0 Å². The van der Waals surface area contributed by atoms with Crippen molar-refractivity contribution >= 4 is 11.8 Å². The monoisotopic (exact) mass is 301 g/mol. The van der Waals surface area contributed by atoms with Crippen molar-refractivity contribution in [3.63, 3.8) is 0 Å². The van der Waals surface area contributed by atoms with Gasteiger partial charge in [-0.3, -0.25) is 9.59 Å². The Morgan fingerprint density at radius 3 is 2.59 bits per heavy atom. The Hall–Kier alpha value is -1.78. The van der Waals surface area contributed by atoms with Crippen LogP contribution in [-0.4, -0.2) is 23.3 Å². The number of carbonyl (C=O) groups excluding carboxylic acids is 2. The van der Waals surface area contributed by atoms with Crippen molar-refractivity contribution in [2.45, 2.75) is 32.1 Å². The van der Waals surface area contributed by atoms with Crippen LogP contribution in [0.5, 0.6) is 0 Å². The molecule has 4 N–H and O–H groups in total. The van der Waals surface area contributed by atoms with Gasteiger partial charge in [-0.1, -0.05) is 0 Å². The second-order valence-corrected chi connectivity index (χ2v) is 7.57. The van der Waals surface area contributed by atoms with Gasteiger partial charge in [-0.2, -0.15) is 0 Å². The number of H-pyrrole nitrogens is 1. The van der Waals surface area contributed by atoms with Crippen molar-refractivity contribution in [1.82, 2.24) is 10.3 Å². The van der Waals surface area contributed by atoms with Crippen LogP contribution in [0.15, 0.2) is 18.3 Å². The fourth-order valence-corrected chi connectivity index (χ4v) is 5.54. The minimum atomic E-state index is -0.240. The molecule has 2 amide bonds. The summed E-state index contributed by atoms with van der Waals surface area (Å²) in [6.45, 7) is 0.717. The van der Waals surface area contributed by atoms with Gasteiger partial charge >= 0.3 is 0 Å². The SMILES string of the molecule is NC(=O)C12CC3CC(C1)C(CNC(=O)c1ccc[nH]1)C(C3)C2. The molecule has 2 unspecified atom stereocenters. The number of rotatable bonds is 4. The molecule has 5 heteroatoms. The van der Waals surface area contributed by atoms with E-state index in [1.165, 1.54) is 12.8 Å². The molecular weight excluding hydrogens is 278 g/mol. The van der Waals surface area contributed by atoms with E-state index in [0.29, 0.717) is 29.4 Å². The smallest absolute Gasteiger partial charge is 0.267 e. The summed E-state index contributed by atoms with van der Waals surface area (Å²) in [5.41, 5.74) is 6.08. The highest BCUT2D eigenvalue weighted by molar-refractivity contribution is 5.92. The number of carbonyl (C=O) groups is 2. The van der Waals surface area contributed by atoms with Gasteiger partial charge < -0.3 is 16.0 Å². The molecule has 4 bridgehead atoms. The lowest BCUT2D eigenvalue weighted by Gasteiger charge is -2.59. The molecule has 2 atom stereocenters. The third-order valence-corrected chi connectivity index (χ3v) is 6.33. The Bertz CT molecular complexity index is 579. The van der Waals surface area contributed by atoms with Gasteiger partial charge in [-0.05, 0) is 67.9 Å². The van der Waals surface area contributed by atoms with Gasteiger partial charge in [0.2, 0.25) is 5.91 Å². The van der Waals surface area contributed by atoms with Crippen molar-refractivity contribution in [3.8, 4) is 0 Å². The van der Waals surface area contributed by atoms with Crippen LogP contribution in [0.25, 0.3) is 0 Å². The number of nitrogens with one attached hydrogen (secondary N) is 2. The highest BCUT2D eigenvalue weighted by Crippen LogP contribution is 2.61. The Morgan fingerprint density at radius 2 is 2.00 bits per heavy atom. The first-order valence-electron chi connectivity index (χ1n) is 8.29. The lowest BCUT2D eigenvalue weighted by atomic mass is 9.46. The second-order valence-electron chi connectivity index (χ2n) is 7.57. The van der Waals surface area contributed by atoms with E-state index in [9.17, 15) is 9.59 Å². The highest BCUT2D eigenvalue weighted by atomic mass is 16.2. The highest BCUT2D eigenvalue weighted by Gasteiger charge is 2.57. The molecule has 118 valence electrons. The van der Waals surface area contributed by atoms with Crippen LogP contribution in [0.3, 0.4) is 0 Å². The van der Waals surface area contributed by atoms with E-state index in [0.717, 1.165) is 25.8 Å². The molecule has 4 aliphatic carbocycles. The van der Waals surface area contributed by atoms with Crippen LogP contribution >= 0.6 is 0 Å². The van der Waals surface area contributed by atoms with Gasteiger partial charge in [0.05, 0.1) is 0 Å². The first kappa shape index (κ1) is 13.9. The summed E-state index contributed by atoms with van der Waals surface area (Å²) in [5, 5.41) is 3.07. The molecule has 0 radical (unpaired) electrons. The fraction of sp³-hybridized carbons (Fsp3) is 0.647. The van der Waals surface area contributed by atoms with Crippen molar-refractivity contribution in [3.05, 3.63) is 24.0 Å². The molecule has 4 fully saturated rings. The lowest BCUT2D eigenvalue weighted by Crippen LogP contribution is -2.57. The number of hydrogen-bond donors (Lipinski definition) is 3. The third kappa shape index (κ3) is 2.06. The predicted octanol–water partition coefficient (Wildman–Crippen LogP) is 1.67. The average molecular weight is 301 g/mol. The summed E-state index contributed by atoms with van der Waals surface area (Å²) in [6, 6.07) is 3.61. The summed E-state index contributed by atoms with van der Waals surface area (Å²) < 4.78 is 0. The maximum absolute atomic E-state index is 12.1. The Balaban J connectivity index is 1.44. The molecule has 1 aromatic heterocycles. The molecule has 0 spiro atoms. The van der Waals surface area contributed by atoms with Crippen LogP contribution in [0, 0.1) is 29.1 Å². The van der Waals surface area contributed by atoms with Gasteiger partial charge in [0, 0.05) is 18.2 Å². The van der Waals surface area contributed by atoms with Gasteiger partial charge in [0.15, 0.2) is 0 Å². The van der Waals surface area contributed by atoms with Crippen LogP contribution in [0.1, 0.15) is 42.6 Å². The van der Waals surface area contributed by atoms with E-state index < -0.39 is 0 Å². The standard InChI is InChI=1S/C17H23N3O2/c18-16(22)17-6-10-4-11(7-17)13(12(5-10)8-17)9-20-15(21)14-2-1-3-19-14/h1-3,10-13,19H,4-9H2,(H2,18,22)(H,20,21). The zero-order valence-electron chi connectivity index (χ0n) is 12.7. The number of aromatic nitrogens is 1. The van der Waals surface area contributed by atoms with E-state index >= 15 is 0 Å². The molecule has 4 aliphatic rings. The average Bonchev–Trinajstić information content (AvgIpc) is 2.99. The first-order valence-corrected chi connectivity index (χ1v) is 8.29. The zero-order chi connectivity index (χ0) is 15.3. The fourth-order valence-electron chi connectivity index (χ4n) is 5.54. The van der Waals surface area contributed by atoms with Gasteiger partial charge in [-0.25, -0.2) is 0 Å². The lowest BCUT2D eigenvalue weighted by molar-refractivity contribution is -0.149. The van der Waals surface area contributed by atoms with Crippen molar-refractivity contribution in [2.24, 2.45) is 34.8 Å². The second kappa shape index (κ2) is 4.86. The van der Waals surface area contributed by atoms with E-state index in [2.05, 4.69) is 10.3 Å². The zero-order valence-corrected chi connectivity index (χ0v) is 12.7. The van der Waals surface area contributed by atoms with Gasteiger partial charge in [0.1, 0.15) is 5.69 Å². The number of nitrogens with two attached hydrogens (primary N) is 1. The quantitative estimate of drug-likeness (QED) is 0.790. The molecule has 5 rings (SSSR count). The van der Waals surface area contributed by atoms with Crippen LogP contribution in [0.2, 0.25) is 0 Å². The van der Waals surface area contributed by atoms with Crippen LogP contribution in [0.4, 0.5) is 0 Å². The minimum Gasteiger partial charge on any atom is -0.369 e. The number of hydrogen-bond acceptors (Lipinski definition) is 2. The Labute approximate surface area is 130 Å². The topological polar surface area (TPSA) is 88.0 Å². The largest absolute Gasteiger partial charge is 0.369 e. The molecule has 5 nitrogen and oxygen atoms in total. The Morgan fingerprint density at radius 1 is 1.27 bits per heavy atom. The van der Waals surface area contributed by atoms with Crippen molar-refractivity contribution in [2.75, 3.05) is 6.54 Å². The molecule has 0 saturated heterocycles.